The van der Waals surface area contributed by atoms with E-state index in [1.165, 1.54) is 29.5 Å². The van der Waals surface area contributed by atoms with Gasteiger partial charge in [0.2, 0.25) is 0 Å². The molecule has 7 nitrogen and oxygen atoms in total. The number of aromatic nitrogens is 2. The molecule has 154 valence electrons. The first-order valence-electron chi connectivity index (χ1n) is 9.19. The summed E-state index contributed by atoms with van der Waals surface area (Å²) in [6, 6.07) is 16.9. The van der Waals surface area contributed by atoms with Gasteiger partial charge in [-0.05, 0) is 54.1 Å². The zero-order valence-electron chi connectivity index (χ0n) is 16.0. The Bertz CT molecular complexity index is 1270. The Morgan fingerprint density at radius 3 is 2.68 bits per heavy atom. The van der Waals surface area contributed by atoms with Gasteiger partial charge in [0.15, 0.2) is 5.13 Å². The number of non-ortho nitro benzene ring substituents is 1. The number of nitro benzene ring substituents is 1. The predicted molar refractivity (Wildman–Crippen MR) is 122 cm³/mol. The molecule has 0 spiro atoms. The minimum absolute atomic E-state index is 0.00612. The molecule has 2 heterocycles. The Kier molecular flexibility index (Phi) is 6.01. The molecule has 0 aliphatic rings. The van der Waals surface area contributed by atoms with E-state index >= 15 is 0 Å². The zero-order chi connectivity index (χ0) is 21.8. The SMILES string of the molecule is O=C(/C=C/c1ccc([N+](=O)[O-])cc1)N(Cc1ccccn1)c1nc2ccc(Cl)cc2s1. The first-order valence-corrected chi connectivity index (χ1v) is 10.4. The van der Waals surface area contributed by atoms with Crippen molar-refractivity contribution in [1.29, 1.82) is 0 Å². The van der Waals surface area contributed by atoms with Crippen LogP contribution >= 0.6 is 22.9 Å². The van der Waals surface area contributed by atoms with Crippen molar-refractivity contribution in [2.45, 2.75) is 6.54 Å². The molecule has 0 radical (unpaired) electrons. The summed E-state index contributed by atoms with van der Waals surface area (Å²) in [5.74, 6) is -0.283. The number of amides is 1. The lowest BCUT2D eigenvalue weighted by molar-refractivity contribution is -0.384. The number of rotatable bonds is 6. The van der Waals surface area contributed by atoms with Gasteiger partial charge in [-0.2, -0.15) is 0 Å². The van der Waals surface area contributed by atoms with Crippen LogP contribution in [0.2, 0.25) is 5.02 Å². The Labute approximate surface area is 186 Å². The Hall–Kier alpha value is -3.62. The molecule has 0 saturated carbocycles. The van der Waals surface area contributed by atoms with Crippen molar-refractivity contribution in [3.8, 4) is 0 Å². The molecule has 0 bridgehead atoms. The molecular weight excluding hydrogens is 436 g/mol. The molecule has 0 N–H and O–H groups in total. The normalized spacial score (nSPS) is 11.1. The number of anilines is 1. The van der Waals surface area contributed by atoms with Crippen LogP contribution in [-0.4, -0.2) is 20.8 Å². The van der Waals surface area contributed by atoms with Gasteiger partial charge in [0.25, 0.3) is 11.6 Å². The number of carbonyl (C=O) groups excluding carboxylic acids is 1. The summed E-state index contributed by atoms with van der Waals surface area (Å²) >= 11 is 7.45. The number of halogens is 1. The number of hydrogen-bond donors (Lipinski definition) is 0. The van der Waals surface area contributed by atoms with E-state index < -0.39 is 4.92 Å². The first-order chi connectivity index (χ1) is 15.0. The highest BCUT2D eigenvalue weighted by Gasteiger charge is 2.19. The van der Waals surface area contributed by atoms with Crippen molar-refractivity contribution in [3.63, 3.8) is 0 Å². The van der Waals surface area contributed by atoms with Crippen molar-refractivity contribution in [2.75, 3.05) is 4.90 Å². The van der Waals surface area contributed by atoms with E-state index in [9.17, 15) is 14.9 Å². The van der Waals surface area contributed by atoms with E-state index in [1.54, 1.807) is 35.4 Å². The van der Waals surface area contributed by atoms with Gasteiger partial charge < -0.3 is 0 Å². The molecule has 0 unspecified atom stereocenters. The Morgan fingerprint density at radius 2 is 1.97 bits per heavy atom. The van der Waals surface area contributed by atoms with Crippen molar-refractivity contribution in [2.24, 2.45) is 0 Å². The van der Waals surface area contributed by atoms with Gasteiger partial charge in [0.05, 0.1) is 27.4 Å². The summed E-state index contributed by atoms with van der Waals surface area (Å²) in [5.41, 5.74) is 2.14. The predicted octanol–water partition coefficient (Wildman–Crippen LogP) is 5.50. The van der Waals surface area contributed by atoms with Gasteiger partial charge in [-0.25, -0.2) is 4.98 Å². The van der Waals surface area contributed by atoms with Gasteiger partial charge in [-0.15, -0.1) is 0 Å². The quantitative estimate of drug-likeness (QED) is 0.220. The van der Waals surface area contributed by atoms with E-state index in [-0.39, 0.29) is 18.1 Å². The number of pyridine rings is 1. The average molecular weight is 451 g/mol. The number of benzene rings is 2. The van der Waals surface area contributed by atoms with Crippen molar-refractivity contribution in [1.82, 2.24) is 9.97 Å². The molecule has 0 fully saturated rings. The second-order valence-electron chi connectivity index (χ2n) is 6.54. The third-order valence-corrected chi connectivity index (χ3v) is 5.68. The molecule has 2 aromatic heterocycles. The van der Waals surface area contributed by atoms with Gasteiger partial charge in [0, 0.05) is 29.4 Å². The fourth-order valence-corrected chi connectivity index (χ4v) is 4.11. The molecule has 4 rings (SSSR count). The minimum atomic E-state index is -0.466. The number of thiazole rings is 1. The van der Waals surface area contributed by atoms with Crippen LogP contribution in [-0.2, 0) is 11.3 Å². The van der Waals surface area contributed by atoms with Crippen molar-refractivity contribution >= 4 is 56.0 Å². The monoisotopic (exact) mass is 450 g/mol. The van der Waals surface area contributed by atoms with Crippen LogP contribution in [0.5, 0.6) is 0 Å². The molecule has 1 amide bonds. The summed E-state index contributed by atoms with van der Waals surface area (Å²) < 4.78 is 0.876. The van der Waals surface area contributed by atoms with Crippen LogP contribution in [0.15, 0.2) is 72.9 Å². The number of hydrogen-bond acceptors (Lipinski definition) is 6. The van der Waals surface area contributed by atoms with Gasteiger partial charge in [0.1, 0.15) is 0 Å². The third-order valence-electron chi connectivity index (χ3n) is 4.40. The highest BCUT2D eigenvalue weighted by molar-refractivity contribution is 7.22. The molecule has 0 atom stereocenters. The molecule has 9 heteroatoms. The second-order valence-corrected chi connectivity index (χ2v) is 7.98. The minimum Gasteiger partial charge on any atom is -0.278 e. The fourth-order valence-electron chi connectivity index (χ4n) is 2.86. The second kappa shape index (κ2) is 9.03. The Morgan fingerprint density at radius 1 is 1.16 bits per heavy atom. The third kappa shape index (κ3) is 4.93. The summed E-state index contributed by atoms with van der Waals surface area (Å²) in [7, 11) is 0. The van der Waals surface area contributed by atoms with E-state index in [0.29, 0.717) is 15.7 Å². The lowest BCUT2D eigenvalue weighted by Crippen LogP contribution is -2.29. The average Bonchev–Trinajstić information content (AvgIpc) is 3.19. The largest absolute Gasteiger partial charge is 0.278 e. The first kappa shape index (κ1) is 20.6. The van der Waals surface area contributed by atoms with Gasteiger partial charge >= 0.3 is 0 Å². The van der Waals surface area contributed by atoms with Crippen molar-refractivity contribution in [3.05, 3.63) is 99.3 Å². The van der Waals surface area contributed by atoms with Gasteiger partial charge in [-0.1, -0.05) is 29.0 Å². The van der Waals surface area contributed by atoms with Gasteiger partial charge in [-0.3, -0.25) is 24.8 Å². The molecule has 0 aliphatic carbocycles. The number of carbonyl (C=O) groups is 1. The molecular formula is C22H15ClN4O3S. The van der Waals surface area contributed by atoms with Crippen LogP contribution in [0, 0.1) is 10.1 Å². The zero-order valence-corrected chi connectivity index (χ0v) is 17.6. The van der Waals surface area contributed by atoms with E-state index in [4.69, 9.17) is 11.6 Å². The number of fused-ring (bicyclic) bond motifs is 1. The molecule has 4 aromatic rings. The number of nitrogens with zero attached hydrogens (tertiary/aromatic N) is 4. The highest BCUT2D eigenvalue weighted by atomic mass is 35.5. The molecule has 0 aliphatic heterocycles. The van der Waals surface area contributed by atoms with Crippen LogP contribution < -0.4 is 4.90 Å². The molecule has 2 aromatic carbocycles. The summed E-state index contributed by atoms with van der Waals surface area (Å²) in [6.07, 6.45) is 4.70. The maximum absolute atomic E-state index is 13.1. The van der Waals surface area contributed by atoms with E-state index in [2.05, 4.69) is 9.97 Å². The topological polar surface area (TPSA) is 89.2 Å². The Balaban J connectivity index is 1.64. The lowest BCUT2D eigenvalue weighted by atomic mass is 10.2. The van der Waals surface area contributed by atoms with Crippen LogP contribution in [0.3, 0.4) is 0 Å². The lowest BCUT2D eigenvalue weighted by Gasteiger charge is -2.17. The molecule has 31 heavy (non-hydrogen) atoms. The maximum Gasteiger partial charge on any atom is 0.269 e. The summed E-state index contributed by atoms with van der Waals surface area (Å²) in [5, 5.41) is 11.9. The summed E-state index contributed by atoms with van der Waals surface area (Å²) in [6.45, 7) is 0.248. The highest BCUT2D eigenvalue weighted by Crippen LogP contribution is 2.31. The van der Waals surface area contributed by atoms with Crippen molar-refractivity contribution < 1.29 is 9.72 Å². The smallest absolute Gasteiger partial charge is 0.269 e. The maximum atomic E-state index is 13.1. The van der Waals surface area contributed by atoms with Crippen LogP contribution in [0.25, 0.3) is 16.3 Å². The fraction of sp³-hybridized carbons (Fsp3) is 0.0455. The van der Waals surface area contributed by atoms with E-state index in [1.807, 2.05) is 30.3 Å². The van der Waals surface area contributed by atoms with Crippen LogP contribution in [0.4, 0.5) is 10.8 Å². The standard InChI is InChI=1S/C22H15ClN4O3S/c23-16-7-10-19-20(13-16)31-22(25-19)26(14-17-3-1-2-12-24-17)21(28)11-6-15-4-8-18(9-5-15)27(29)30/h1-13H,14H2/b11-6+. The summed E-state index contributed by atoms with van der Waals surface area (Å²) in [4.78, 5) is 33.9. The van der Waals surface area contributed by atoms with E-state index in [0.717, 1.165) is 15.9 Å². The number of nitro groups is 1. The van der Waals surface area contributed by atoms with Crippen LogP contribution in [0.1, 0.15) is 11.3 Å². The molecule has 0 saturated heterocycles.